The van der Waals surface area contributed by atoms with Crippen LogP contribution in [0, 0.1) is 0 Å². The minimum Gasteiger partial charge on any atom is -0.481 e. The van der Waals surface area contributed by atoms with E-state index in [0.29, 0.717) is 31.9 Å². The van der Waals surface area contributed by atoms with Gasteiger partial charge in [0.2, 0.25) is 5.91 Å². The number of hydrogen-bond acceptors (Lipinski definition) is 7. The Kier molecular flexibility index (Phi) is 6.02. The summed E-state index contributed by atoms with van der Waals surface area (Å²) in [6, 6.07) is -1.42. The molecule has 10 nitrogen and oxygen atoms in total. The molecule has 23 heavy (non-hydrogen) atoms. The smallest absolute Gasteiger partial charge is 0.303 e. The minimum absolute atomic E-state index is 0.120. The van der Waals surface area contributed by atoms with Gasteiger partial charge in [0.15, 0.2) is 0 Å². The van der Waals surface area contributed by atoms with Crippen LogP contribution in [0.4, 0.5) is 0 Å². The van der Waals surface area contributed by atoms with Gasteiger partial charge in [-0.05, 0) is 6.42 Å². The quantitative estimate of drug-likeness (QED) is 0.455. The Hall–Kier alpha value is -2.04. The van der Waals surface area contributed by atoms with Crippen molar-refractivity contribution in [3.63, 3.8) is 0 Å². The van der Waals surface area contributed by atoms with Crippen LogP contribution in [0.15, 0.2) is 6.20 Å². The van der Waals surface area contributed by atoms with Crippen molar-refractivity contribution in [1.82, 2.24) is 25.2 Å². The highest BCUT2D eigenvalue weighted by atomic mass is 16.4. The number of aromatic nitrogens is 3. The van der Waals surface area contributed by atoms with Crippen molar-refractivity contribution in [3.8, 4) is 0 Å². The first kappa shape index (κ1) is 17.3. The summed E-state index contributed by atoms with van der Waals surface area (Å²) in [4.78, 5) is 25.2. The summed E-state index contributed by atoms with van der Waals surface area (Å²) in [6.07, 6.45) is 1.46. The second-order valence-corrected chi connectivity index (χ2v) is 5.44. The van der Waals surface area contributed by atoms with Crippen LogP contribution in [0.3, 0.4) is 0 Å². The number of nitrogens with two attached hydrogens (primary N) is 1. The number of aliphatic carboxylic acids is 1. The molecule has 1 fully saturated rings. The molecule has 1 aromatic heterocycles. The first-order chi connectivity index (χ1) is 11.0. The van der Waals surface area contributed by atoms with Crippen molar-refractivity contribution in [2.24, 2.45) is 5.73 Å². The van der Waals surface area contributed by atoms with Crippen LogP contribution in [0.2, 0.25) is 0 Å². The standard InChI is InChI=1S/C13H22N6O4/c14-9(8-20)10-7-19(17-16-10)11(1-2-12(21)22)13(23)18-5-3-15-4-6-18/h7,9,11,15,20H,1-6,8,14H2,(H,21,22)/t9?,11-/m0/s1. The number of carboxylic acids is 1. The Bertz CT molecular complexity index is 542. The summed E-state index contributed by atoms with van der Waals surface area (Å²) in [6.45, 7) is 2.26. The molecule has 10 heteroatoms. The second kappa shape index (κ2) is 7.99. The summed E-state index contributed by atoms with van der Waals surface area (Å²) in [7, 11) is 0. The number of piperazine rings is 1. The van der Waals surface area contributed by atoms with Gasteiger partial charge in [0, 0.05) is 32.6 Å². The van der Waals surface area contributed by atoms with E-state index in [1.54, 1.807) is 4.90 Å². The van der Waals surface area contributed by atoms with E-state index in [9.17, 15) is 9.59 Å². The molecule has 0 radical (unpaired) electrons. The van der Waals surface area contributed by atoms with Gasteiger partial charge in [-0.2, -0.15) is 0 Å². The molecular formula is C13H22N6O4. The Labute approximate surface area is 133 Å². The molecule has 1 aliphatic heterocycles. The molecular weight excluding hydrogens is 304 g/mol. The van der Waals surface area contributed by atoms with Gasteiger partial charge in [0.25, 0.3) is 0 Å². The zero-order valence-electron chi connectivity index (χ0n) is 12.8. The molecule has 2 rings (SSSR count). The molecule has 0 bridgehead atoms. The molecule has 128 valence electrons. The van der Waals surface area contributed by atoms with Gasteiger partial charge < -0.3 is 26.2 Å². The van der Waals surface area contributed by atoms with E-state index in [4.69, 9.17) is 15.9 Å². The molecule has 5 N–H and O–H groups in total. The molecule has 0 aromatic carbocycles. The van der Waals surface area contributed by atoms with E-state index in [2.05, 4.69) is 15.6 Å². The van der Waals surface area contributed by atoms with E-state index >= 15 is 0 Å². The van der Waals surface area contributed by atoms with Crippen molar-refractivity contribution < 1.29 is 19.8 Å². The largest absolute Gasteiger partial charge is 0.481 e. The van der Waals surface area contributed by atoms with Gasteiger partial charge in [-0.15, -0.1) is 5.10 Å². The van der Waals surface area contributed by atoms with Gasteiger partial charge in [0.1, 0.15) is 11.7 Å². The lowest BCUT2D eigenvalue weighted by Gasteiger charge is -2.30. The van der Waals surface area contributed by atoms with Gasteiger partial charge in [-0.1, -0.05) is 5.21 Å². The molecule has 0 aliphatic carbocycles. The predicted octanol–water partition coefficient (Wildman–Crippen LogP) is -1.89. The summed E-state index contributed by atoms with van der Waals surface area (Å²) in [5.74, 6) is -1.16. The molecule has 1 aliphatic rings. The fraction of sp³-hybridized carbons (Fsp3) is 0.692. The van der Waals surface area contributed by atoms with Crippen molar-refractivity contribution in [2.75, 3.05) is 32.8 Å². The van der Waals surface area contributed by atoms with Crippen LogP contribution in [0.25, 0.3) is 0 Å². The maximum absolute atomic E-state index is 12.7. The number of aliphatic hydroxyl groups excluding tert-OH is 1. The number of aliphatic hydroxyl groups is 1. The predicted molar refractivity (Wildman–Crippen MR) is 79.4 cm³/mol. The van der Waals surface area contributed by atoms with Gasteiger partial charge >= 0.3 is 5.97 Å². The Morgan fingerprint density at radius 2 is 2.09 bits per heavy atom. The van der Waals surface area contributed by atoms with Crippen LogP contribution >= 0.6 is 0 Å². The lowest BCUT2D eigenvalue weighted by atomic mass is 10.1. The first-order valence-electron chi connectivity index (χ1n) is 7.52. The van der Waals surface area contributed by atoms with Gasteiger partial charge in [-0.3, -0.25) is 9.59 Å². The number of nitrogens with one attached hydrogen (secondary N) is 1. The average Bonchev–Trinajstić information content (AvgIpc) is 3.04. The van der Waals surface area contributed by atoms with Crippen molar-refractivity contribution in [2.45, 2.75) is 24.9 Å². The molecule has 2 atom stereocenters. The van der Waals surface area contributed by atoms with Crippen LogP contribution in [-0.2, 0) is 9.59 Å². The van der Waals surface area contributed by atoms with E-state index in [0.717, 1.165) is 0 Å². The molecule has 1 amide bonds. The zero-order valence-corrected chi connectivity index (χ0v) is 12.8. The van der Waals surface area contributed by atoms with Crippen LogP contribution < -0.4 is 11.1 Å². The third-order valence-corrected chi connectivity index (χ3v) is 3.77. The highest BCUT2D eigenvalue weighted by Gasteiger charge is 2.29. The topological polar surface area (TPSA) is 147 Å². The second-order valence-electron chi connectivity index (χ2n) is 5.44. The van der Waals surface area contributed by atoms with E-state index in [1.165, 1.54) is 10.9 Å². The SMILES string of the molecule is NC(CO)c1cn([C@@H](CCC(=O)O)C(=O)N2CCNCC2)nn1. The number of nitrogens with zero attached hydrogens (tertiary/aromatic N) is 4. The van der Waals surface area contributed by atoms with E-state index < -0.39 is 18.1 Å². The molecule has 0 saturated carbocycles. The van der Waals surface area contributed by atoms with Gasteiger partial charge in [0.05, 0.1) is 18.8 Å². The minimum atomic E-state index is -0.976. The Balaban J connectivity index is 2.16. The monoisotopic (exact) mass is 326 g/mol. The zero-order chi connectivity index (χ0) is 16.8. The van der Waals surface area contributed by atoms with E-state index in [1.807, 2.05) is 0 Å². The molecule has 2 heterocycles. The normalized spacial score (nSPS) is 17.7. The number of hydrogen-bond donors (Lipinski definition) is 4. The van der Waals surface area contributed by atoms with Crippen molar-refractivity contribution in [1.29, 1.82) is 0 Å². The first-order valence-corrected chi connectivity index (χ1v) is 7.52. The number of amides is 1. The maximum atomic E-state index is 12.7. The molecule has 1 unspecified atom stereocenters. The molecule has 0 spiro atoms. The van der Waals surface area contributed by atoms with Crippen LogP contribution in [0.5, 0.6) is 0 Å². The van der Waals surface area contributed by atoms with Crippen LogP contribution in [0.1, 0.15) is 30.6 Å². The fourth-order valence-electron chi connectivity index (χ4n) is 2.43. The summed E-state index contributed by atoms with van der Waals surface area (Å²) in [5, 5.41) is 28.9. The van der Waals surface area contributed by atoms with Crippen molar-refractivity contribution >= 4 is 11.9 Å². The number of carbonyl (C=O) groups excluding carboxylic acids is 1. The third-order valence-electron chi connectivity index (χ3n) is 3.77. The molecule has 1 aromatic rings. The van der Waals surface area contributed by atoms with Crippen molar-refractivity contribution in [3.05, 3.63) is 11.9 Å². The van der Waals surface area contributed by atoms with Crippen LogP contribution in [-0.4, -0.2) is 74.8 Å². The Morgan fingerprint density at radius 1 is 1.39 bits per heavy atom. The maximum Gasteiger partial charge on any atom is 0.303 e. The highest BCUT2D eigenvalue weighted by Crippen LogP contribution is 2.18. The molecule has 1 saturated heterocycles. The number of rotatable bonds is 7. The summed E-state index contributed by atoms with van der Waals surface area (Å²) < 4.78 is 1.35. The lowest BCUT2D eigenvalue weighted by molar-refractivity contribution is -0.139. The third kappa shape index (κ3) is 4.47. The summed E-state index contributed by atoms with van der Waals surface area (Å²) >= 11 is 0. The fourth-order valence-corrected chi connectivity index (χ4v) is 2.43. The highest BCUT2D eigenvalue weighted by molar-refractivity contribution is 5.81. The number of carboxylic acid groups (broad SMARTS) is 1. The number of carbonyl (C=O) groups is 2. The van der Waals surface area contributed by atoms with Gasteiger partial charge in [-0.25, -0.2) is 4.68 Å². The summed E-state index contributed by atoms with van der Waals surface area (Å²) in [5.41, 5.74) is 6.05. The lowest BCUT2D eigenvalue weighted by Crippen LogP contribution is -2.48. The van der Waals surface area contributed by atoms with E-state index in [-0.39, 0.29) is 25.4 Å². The Morgan fingerprint density at radius 3 is 2.70 bits per heavy atom. The average molecular weight is 326 g/mol.